The number of rotatable bonds is 3. The number of aromatic amines is 1. The summed E-state index contributed by atoms with van der Waals surface area (Å²) < 4.78 is 63.5. The second kappa shape index (κ2) is 12.9. The number of likely N-dealkylation sites (N-methyl/N-ethyl adjacent to an activating group) is 1. The van der Waals surface area contributed by atoms with Crippen molar-refractivity contribution in [3.8, 4) is 0 Å². The smallest absolute Gasteiger partial charge is 0.475 e. The molecule has 212 valence electrons. The number of alkyl halides is 6. The molecular weight excluding hydrogens is 542 g/mol. The quantitative estimate of drug-likeness (QED) is 0.352. The van der Waals surface area contributed by atoms with E-state index in [9.17, 15) is 31.1 Å². The van der Waals surface area contributed by atoms with Crippen molar-refractivity contribution >= 4 is 40.3 Å². The maximum absolute atomic E-state index is 12.6. The van der Waals surface area contributed by atoms with E-state index in [0.717, 1.165) is 48.6 Å². The molecule has 17 heteroatoms. The predicted molar refractivity (Wildman–Crippen MR) is 125 cm³/mol. The number of amides is 1. The van der Waals surface area contributed by atoms with E-state index in [1.807, 2.05) is 24.3 Å². The van der Waals surface area contributed by atoms with Crippen molar-refractivity contribution in [3.63, 3.8) is 0 Å². The molecule has 1 fully saturated rings. The third-order valence-corrected chi connectivity index (χ3v) is 5.02. The number of carboxylic acids is 2. The van der Waals surface area contributed by atoms with Crippen LogP contribution in [0.4, 0.5) is 37.8 Å². The lowest BCUT2D eigenvalue weighted by atomic mass is 10.2. The van der Waals surface area contributed by atoms with Crippen LogP contribution in [0.2, 0.25) is 0 Å². The number of pyridine rings is 1. The van der Waals surface area contributed by atoms with Crippen molar-refractivity contribution in [1.82, 2.24) is 20.1 Å². The zero-order valence-corrected chi connectivity index (χ0v) is 20.0. The van der Waals surface area contributed by atoms with Gasteiger partial charge in [-0.2, -0.15) is 31.4 Å². The van der Waals surface area contributed by atoms with E-state index in [2.05, 4.69) is 37.3 Å². The van der Waals surface area contributed by atoms with E-state index in [1.54, 1.807) is 18.5 Å². The molecule has 0 bridgehead atoms. The number of nitrogens with zero attached hydrogens (tertiary/aromatic N) is 4. The Hall–Kier alpha value is -4.41. The number of carbonyl (C=O) groups is 3. The first-order valence-electron chi connectivity index (χ1n) is 10.8. The summed E-state index contributed by atoms with van der Waals surface area (Å²) in [5.41, 5.74) is 2.30. The van der Waals surface area contributed by atoms with Crippen LogP contribution in [-0.4, -0.2) is 93.7 Å². The molecule has 0 saturated carbocycles. The molecule has 1 amide bonds. The van der Waals surface area contributed by atoms with Gasteiger partial charge in [-0.05, 0) is 37.4 Å². The van der Waals surface area contributed by atoms with Gasteiger partial charge in [0, 0.05) is 49.0 Å². The van der Waals surface area contributed by atoms with E-state index in [4.69, 9.17) is 19.8 Å². The monoisotopic (exact) mass is 564 g/mol. The number of nitrogens with one attached hydrogen (secondary N) is 2. The van der Waals surface area contributed by atoms with Crippen LogP contribution < -0.4 is 10.2 Å². The summed E-state index contributed by atoms with van der Waals surface area (Å²) >= 11 is 0. The molecule has 39 heavy (non-hydrogen) atoms. The van der Waals surface area contributed by atoms with Gasteiger partial charge in [0.1, 0.15) is 5.82 Å². The molecule has 1 aliphatic rings. The molecule has 0 unspecified atom stereocenters. The van der Waals surface area contributed by atoms with E-state index >= 15 is 0 Å². The van der Waals surface area contributed by atoms with Crippen molar-refractivity contribution in [2.75, 3.05) is 43.4 Å². The Morgan fingerprint density at radius 3 is 2.03 bits per heavy atom. The summed E-state index contributed by atoms with van der Waals surface area (Å²) in [6.45, 7) is 3.85. The van der Waals surface area contributed by atoms with Crippen LogP contribution in [0.1, 0.15) is 10.4 Å². The highest BCUT2D eigenvalue weighted by Crippen LogP contribution is 2.19. The van der Waals surface area contributed by atoms with Gasteiger partial charge >= 0.3 is 24.3 Å². The number of piperazine rings is 1. The predicted octanol–water partition coefficient (Wildman–Crippen LogP) is 3.23. The Labute approximate surface area is 216 Å². The molecule has 3 heterocycles. The highest BCUT2D eigenvalue weighted by molar-refractivity contribution is 6.05. The minimum absolute atomic E-state index is 0.138. The number of carboxylic acid groups (broad SMARTS) is 2. The van der Waals surface area contributed by atoms with Gasteiger partial charge in [-0.15, -0.1) is 0 Å². The van der Waals surface area contributed by atoms with Crippen molar-refractivity contribution < 1.29 is 50.9 Å². The van der Waals surface area contributed by atoms with Gasteiger partial charge in [0.15, 0.2) is 0 Å². The fraction of sp³-hybridized carbons (Fsp3) is 0.318. The van der Waals surface area contributed by atoms with Gasteiger partial charge in [-0.3, -0.25) is 9.89 Å². The van der Waals surface area contributed by atoms with Crippen LogP contribution in [0.25, 0.3) is 10.9 Å². The standard InChI is InChI=1S/C18H20N6O.2C2HF3O2/c1-23-6-8-24(9-7-23)17-11-13(4-5-19-17)18(25)21-15-2-3-16-14(10-15)12-20-22-16;2*3-2(4,5)1(6)7/h2-5,10-12H,6-9H2,1H3,(H,20,22)(H,21,25);2*(H,6,7). The molecule has 2 aromatic heterocycles. The number of halogens is 6. The zero-order chi connectivity index (χ0) is 29.4. The average molecular weight is 564 g/mol. The molecule has 0 atom stereocenters. The van der Waals surface area contributed by atoms with Crippen LogP contribution in [0, 0.1) is 0 Å². The zero-order valence-electron chi connectivity index (χ0n) is 20.0. The Balaban J connectivity index is 0.000000317. The number of benzene rings is 1. The molecule has 1 saturated heterocycles. The van der Waals surface area contributed by atoms with E-state index in [0.29, 0.717) is 5.56 Å². The van der Waals surface area contributed by atoms with Crippen molar-refractivity contribution in [1.29, 1.82) is 0 Å². The van der Waals surface area contributed by atoms with Gasteiger partial charge in [-0.1, -0.05) is 0 Å². The maximum atomic E-state index is 12.6. The molecule has 0 spiro atoms. The Morgan fingerprint density at radius 1 is 0.923 bits per heavy atom. The fourth-order valence-corrected chi connectivity index (χ4v) is 2.99. The minimum atomic E-state index is -5.08. The number of anilines is 2. The topological polar surface area (TPSA) is 152 Å². The SMILES string of the molecule is CN1CCN(c2cc(C(=O)Nc3ccc4[nH]ncc4c3)ccn2)CC1.O=C(O)C(F)(F)F.O=C(O)C(F)(F)F. The molecular formula is C22H22F6N6O5. The third kappa shape index (κ3) is 9.76. The fourth-order valence-electron chi connectivity index (χ4n) is 2.99. The van der Waals surface area contributed by atoms with Crippen LogP contribution in [0.5, 0.6) is 0 Å². The summed E-state index contributed by atoms with van der Waals surface area (Å²) in [5, 5.41) is 25.0. The van der Waals surface area contributed by atoms with Crippen LogP contribution >= 0.6 is 0 Å². The summed E-state index contributed by atoms with van der Waals surface area (Å²) in [6.07, 6.45) is -6.73. The highest BCUT2D eigenvalue weighted by atomic mass is 19.4. The van der Waals surface area contributed by atoms with Gasteiger partial charge in [0.25, 0.3) is 5.91 Å². The second-order valence-electron chi connectivity index (χ2n) is 7.93. The number of hydrogen-bond acceptors (Lipinski definition) is 7. The molecule has 3 aromatic rings. The van der Waals surface area contributed by atoms with E-state index in [1.165, 1.54) is 0 Å². The summed E-state index contributed by atoms with van der Waals surface area (Å²) in [4.78, 5) is 39.3. The molecule has 1 aliphatic heterocycles. The average Bonchev–Trinajstić information content (AvgIpc) is 3.32. The van der Waals surface area contributed by atoms with Crippen LogP contribution in [-0.2, 0) is 9.59 Å². The Morgan fingerprint density at radius 2 is 1.49 bits per heavy atom. The summed E-state index contributed by atoms with van der Waals surface area (Å²) in [5.74, 6) is -4.80. The number of H-pyrrole nitrogens is 1. The molecule has 4 N–H and O–H groups in total. The third-order valence-electron chi connectivity index (χ3n) is 5.02. The number of aliphatic carboxylic acids is 2. The van der Waals surface area contributed by atoms with E-state index < -0.39 is 24.3 Å². The van der Waals surface area contributed by atoms with Gasteiger partial charge in [0.05, 0.1) is 11.7 Å². The van der Waals surface area contributed by atoms with Gasteiger partial charge in [0.2, 0.25) is 0 Å². The number of hydrogen-bond donors (Lipinski definition) is 4. The molecule has 0 aliphatic carbocycles. The lowest BCUT2D eigenvalue weighted by Crippen LogP contribution is -2.44. The van der Waals surface area contributed by atoms with Gasteiger partial charge in [-0.25, -0.2) is 14.6 Å². The van der Waals surface area contributed by atoms with Crippen LogP contribution in [0.15, 0.2) is 42.7 Å². The molecule has 1 aromatic carbocycles. The maximum Gasteiger partial charge on any atom is 0.490 e. The number of carbonyl (C=O) groups excluding carboxylic acids is 1. The Kier molecular flexibility index (Phi) is 10.2. The second-order valence-corrected chi connectivity index (χ2v) is 7.93. The Bertz CT molecular complexity index is 1260. The van der Waals surface area contributed by atoms with Crippen molar-refractivity contribution in [2.45, 2.75) is 12.4 Å². The first kappa shape index (κ1) is 30.8. The van der Waals surface area contributed by atoms with Crippen LogP contribution in [0.3, 0.4) is 0 Å². The van der Waals surface area contributed by atoms with Crippen molar-refractivity contribution in [2.24, 2.45) is 0 Å². The molecule has 11 nitrogen and oxygen atoms in total. The molecule has 4 rings (SSSR count). The first-order chi connectivity index (χ1) is 18.1. The summed E-state index contributed by atoms with van der Waals surface area (Å²) in [6, 6.07) is 9.27. The highest BCUT2D eigenvalue weighted by Gasteiger charge is 2.38. The minimum Gasteiger partial charge on any atom is -0.475 e. The lowest BCUT2D eigenvalue weighted by molar-refractivity contribution is -0.193. The van der Waals surface area contributed by atoms with Crippen molar-refractivity contribution in [3.05, 3.63) is 48.3 Å². The van der Waals surface area contributed by atoms with E-state index in [-0.39, 0.29) is 5.91 Å². The number of fused-ring (bicyclic) bond motifs is 1. The molecule has 0 radical (unpaired) electrons. The first-order valence-corrected chi connectivity index (χ1v) is 10.8. The van der Waals surface area contributed by atoms with Gasteiger partial charge < -0.3 is 25.3 Å². The number of aromatic nitrogens is 3. The largest absolute Gasteiger partial charge is 0.490 e. The lowest BCUT2D eigenvalue weighted by Gasteiger charge is -2.33. The normalized spacial score (nSPS) is 14.0. The summed E-state index contributed by atoms with van der Waals surface area (Å²) in [7, 11) is 2.12.